The van der Waals surface area contributed by atoms with Crippen LogP contribution in [-0.2, 0) is 11.8 Å². The van der Waals surface area contributed by atoms with E-state index in [9.17, 15) is 9.59 Å². The van der Waals surface area contributed by atoms with E-state index in [1.807, 2.05) is 0 Å². The molecule has 118 valence electrons. The van der Waals surface area contributed by atoms with Gasteiger partial charge in [0.15, 0.2) is 11.5 Å². The van der Waals surface area contributed by atoms with E-state index in [1.165, 1.54) is 17.0 Å². The molecule has 8 nitrogen and oxygen atoms in total. The van der Waals surface area contributed by atoms with Gasteiger partial charge in [0.25, 0.3) is 11.8 Å². The Morgan fingerprint density at radius 2 is 2.23 bits per heavy atom. The van der Waals surface area contributed by atoms with E-state index >= 15 is 0 Å². The molecule has 2 amide bonds. The Labute approximate surface area is 127 Å². The van der Waals surface area contributed by atoms with Crippen LogP contribution in [0.2, 0.25) is 0 Å². The largest absolute Gasteiger partial charge is 0.459 e. The Kier molecular flexibility index (Phi) is 5.31. The monoisotopic (exact) mass is 306 g/mol. The second-order valence-electron chi connectivity index (χ2n) is 4.57. The van der Waals surface area contributed by atoms with Crippen molar-refractivity contribution < 1.29 is 18.7 Å². The fourth-order valence-electron chi connectivity index (χ4n) is 1.79. The lowest BCUT2D eigenvalue weighted by Crippen LogP contribution is -2.25. The second kappa shape index (κ2) is 7.41. The van der Waals surface area contributed by atoms with Gasteiger partial charge < -0.3 is 19.8 Å². The maximum Gasteiger partial charge on any atom is 0.292 e. The molecular formula is C14H18N4O4. The third kappa shape index (κ3) is 3.95. The van der Waals surface area contributed by atoms with Crippen molar-refractivity contribution in [2.75, 3.05) is 25.6 Å². The Morgan fingerprint density at radius 1 is 1.41 bits per heavy atom. The van der Waals surface area contributed by atoms with Gasteiger partial charge in [0.05, 0.1) is 6.26 Å². The summed E-state index contributed by atoms with van der Waals surface area (Å²) in [6.45, 7) is 1.07. The summed E-state index contributed by atoms with van der Waals surface area (Å²) in [6, 6.07) is 4.68. The van der Waals surface area contributed by atoms with Crippen molar-refractivity contribution in [1.29, 1.82) is 0 Å². The van der Waals surface area contributed by atoms with Crippen LogP contribution in [0.1, 0.15) is 27.5 Å². The first-order valence-electron chi connectivity index (χ1n) is 6.78. The minimum Gasteiger partial charge on any atom is -0.459 e. The molecule has 0 aromatic carbocycles. The van der Waals surface area contributed by atoms with E-state index in [1.54, 1.807) is 26.3 Å². The fraction of sp³-hybridized carbons (Fsp3) is 0.357. The van der Waals surface area contributed by atoms with Crippen molar-refractivity contribution in [3.8, 4) is 0 Å². The molecule has 8 heteroatoms. The lowest BCUT2D eigenvalue weighted by atomic mass is 10.3. The molecule has 0 atom stereocenters. The summed E-state index contributed by atoms with van der Waals surface area (Å²) in [5, 5.41) is 9.43. The minimum atomic E-state index is -0.403. The van der Waals surface area contributed by atoms with Gasteiger partial charge in [0, 0.05) is 33.4 Å². The molecule has 2 aromatic rings. The highest BCUT2D eigenvalue weighted by molar-refractivity contribution is 6.02. The smallest absolute Gasteiger partial charge is 0.292 e. The first-order valence-corrected chi connectivity index (χ1v) is 6.78. The third-order valence-electron chi connectivity index (χ3n) is 2.91. The molecule has 0 aliphatic heterocycles. The van der Waals surface area contributed by atoms with Crippen molar-refractivity contribution in [3.63, 3.8) is 0 Å². The van der Waals surface area contributed by atoms with E-state index in [2.05, 4.69) is 15.7 Å². The van der Waals surface area contributed by atoms with Crippen LogP contribution in [0.15, 0.2) is 28.9 Å². The number of nitrogens with zero attached hydrogens (tertiary/aromatic N) is 2. The molecule has 0 fully saturated rings. The van der Waals surface area contributed by atoms with Crippen LogP contribution in [-0.4, -0.2) is 41.9 Å². The normalized spacial score (nSPS) is 10.5. The van der Waals surface area contributed by atoms with Gasteiger partial charge in [-0.25, -0.2) is 0 Å². The van der Waals surface area contributed by atoms with Crippen molar-refractivity contribution in [2.24, 2.45) is 7.05 Å². The first-order chi connectivity index (χ1) is 10.6. The molecule has 2 heterocycles. The zero-order valence-corrected chi connectivity index (χ0v) is 12.5. The summed E-state index contributed by atoms with van der Waals surface area (Å²) < 4.78 is 11.3. The average molecular weight is 306 g/mol. The zero-order valence-electron chi connectivity index (χ0n) is 12.5. The van der Waals surface area contributed by atoms with Gasteiger partial charge in [-0.15, -0.1) is 0 Å². The van der Waals surface area contributed by atoms with Crippen LogP contribution < -0.4 is 10.6 Å². The molecule has 0 bridgehead atoms. The van der Waals surface area contributed by atoms with Gasteiger partial charge in [0.1, 0.15) is 5.82 Å². The number of methoxy groups -OCH3 is 1. The first kappa shape index (κ1) is 15.8. The SMILES string of the molecule is COCCCNC(=O)c1cc(NC(=O)c2ccco2)n(C)n1. The van der Waals surface area contributed by atoms with E-state index < -0.39 is 5.91 Å². The molecule has 0 aliphatic rings. The second-order valence-corrected chi connectivity index (χ2v) is 4.57. The lowest BCUT2D eigenvalue weighted by molar-refractivity contribution is 0.0941. The van der Waals surface area contributed by atoms with Crippen LogP contribution in [0, 0.1) is 0 Å². The standard InChI is InChI=1S/C14H18N4O4/c1-18-12(16-14(20)11-5-3-8-22-11)9-10(17-18)13(19)15-6-4-7-21-2/h3,5,8-9H,4,6-7H2,1-2H3,(H,15,19)(H,16,20). The van der Waals surface area contributed by atoms with Gasteiger partial charge in [0.2, 0.25) is 0 Å². The van der Waals surface area contributed by atoms with E-state index in [0.29, 0.717) is 19.0 Å². The average Bonchev–Trinajstić information content (AvgIpc) is 3.14. The Morgan fingerprint density at radius 3 is 2.91 bits per heavy atom. The van der Waals surface area contributed by atoms with Gasteiger partial charge in [-0.2, -0.15) is 5.10 Å². The molecule has 0 radical (unpaired) electrons. The number of carbonyl (C=O) groups is 2. The lowest BCUT2D eigenvalue weighted by Gasteiger charge is -2.01. The molecular weight excluding hydrogens is 288 g/mol. The van der Waals surface area contributed by atoms with Crippen LogP contribution in [0.25, 0.3) is 0 Å². The highest BCUT2D eigenvalue weighted by Crippen LogP contribution is 2.11. The highest BCUT2D eigenvalue weighted by atomic mass is 16.5. The zero-order chi connectivity index (χ0) is 15.9. The number of furan rings is 1. The number of hydrogen-bond donors (Lipinski definition) is 2. The summed E-state index contributed by atoms with van der Waals surface area (Å²) in [5.74, 6) is -0.111. The quantitative estimate of drug-likeness (QED) is 0.745. The minimum absolute atomic E-state index is 0.187. The van der Waals surface area contributed by atoms with Crippen LogP contribution in [0.5, 0.6) is 0 Å². The summed E-state index contributed by atoms with van der Waals surface area (Å²) in [6.07, 6.45) is 2.13. The predicted octanol–water partition coefficient (Wildman–Crippen LogP) is 1.03. The van der Waals surface area contributed by atoms with Gasteiger partial charge in [-0.1, -0.05) is 0 Å². The summed E-state index contributed by atoms with van der Waals surface area (Å²) in [7, 11) is 3.24. The van der Waals surface area contributed by atoms with Crippen molar-refractivity contribution in [3.05, 3.63) is 35.9 Å². The van der Waals surface area contributed by atoms with Crippen molar-refractivity contribution >= 4 is 17.6 Å². The molecule has 2 aromatic heterocycles. The molecule has 22 heavy (non-hydrogen) atoms. The molecule has 0 spiro atoms. The Balaban J connectivity index is 1.96. The van der Waals surface area contributed by atoms with Crippen molar-refractivity contribution in [1.82, 2.24) is 15.1 Å². The van der Waals surface area contributed by atoms with Crippen LogP contribution in [0.3, 0.4) is 0 Å². The molecule has 0 unspecified atom stereocenters. The third-order valence-corrected chi connectivity index (χ3v) is 2.91. The molecule has 0 saturated carbocycles. The van der Waals surface area contributed by atoms with E-state index in [0.717, 1.165) is 6.42 Å². The van der Waals surface area contributed by atoms with Gasteiger partial charge in [-0.3, -0.25) is 14.3 Å². The number of anilines is 1. The van der Waals surface area contributed by atoms with Crippen LogP contribution >= 0.6 is 0 Å². The number of rotatable bonds is 7. The number of ether oxygens (including phenoxy) is 1. The van der Waals surface area contributed by atoms with Gasteiger partial charge >= 0.3 is 0 Å². The van der Waals surface area contributed by atoms with Crippen LogP contribution in [0.4, 0.5) is 5.82 Å². The number of amides is 2. The van der Waals surface area contributed by atoms with E-state index in [4.69, 9.17) is 9.15 Å². The Hall–Kier alpha value is -2.61. The predicted molar refractivity (Wildman–Crippen MR) is 78.7 cm³/mol. The number of nitrogens with one attached hydrogen (secondary N) is 2. The fourth-order valence-corrected chi connectivity index (χ4v) is 1.79. The topological polar surface area (TPSA) is 98.4 Å². The number of aromatic nitrogens is 2. The number of aryl methyl sites for hydroxylation is 1. The summed E-state index contributed by atoms with van der Waals surface area (Å²) >= 11 is 0. The number of hydrogen-bond acceptors (Lipinski definition) is 5. The number of carbonyl (C=O) groups excluding carboxylic acids is 2. The molecule has 0 aliphatic carbocycles. The highest BCUT2D eigenvalue weighted by Gasteiger charge is 2.15. The molecule has 0 saturated heterocycles. The summed E-state index contributed by atoms with van der Waals surface area (Å²) in [5.41, 5.74) is 0.231. The van der Waals surface area contributed by atoms with Gasteiger partial charge in [-0.05, 0) is 18.6 Å². The maximum absolute atomic E-state index is 11.9. The molecule has 2 rings (SSSR count). The van der Waals surface area contributed by atoms with Crippen molar-refractivity contribution in [2.45, 2.75) is 6.42 Å². The molecule has 2 N–H and O–H groups in total. The summed E-state index contributed by atoms with van der Waals surface area (Å²) in [4.78, 5) is 23.8. The maximum atomic E-state index is 11.9. The van der Waals surface area contributed by atoms with E-state index in [-0.39, 0.29) is 17.4 Å². The Bertz CT molecular complexity index is 633.